The summed E-state index contributed by atoms with van der Waals surface area (Å²) in [6.07, 6.45) is 1.08. The van der Waals surface area contributed by atoms with Gasteiger partial charge in [-0.3, -0.25) is 5.32 Å². The zero-order valence-corrected chi connectivity index (χ0v) is 24.0. The van der Waals surface area contributed by atoms with Gasteiger partial charge in [0.25, 0.3) is 0 Å². The molecular weight excluding hydrogens is 560 g/mol. The zero-order chi connectivity index (χ0) is 29.5. The monoisotopic (exact) mass is 596 g/mol. The van der Waals surface area contributed by atoms with Crippen LogP contribution in [0.5, 0.6) is 17.2 Å². The number of fused-ring (bicyclic) bond motifs is 1. The molecule has 1 aliphatic carbocycles. The van der Waals surface area contributed by atoms with Crippen molar-refractivity contribution in [2.24, 2.45) is 5.92 Å². The Kier molecular flexibility index (Phi) is 9.51. The first-order valence-electron chi connectivity index (χ1n) is 14.1. The second-order valence-electron chi connectivity index (χ2n) is 10.7. The van der Waals surface area contributed by atoms with E-state index in [1.807, 2.05) is 42.5 Å². The molecule has 0 aromatic heterocycles. The molecule has 4 N–H and O–H groups in total. The third kappa shape index (κ3) is 7.33. The zero-order valence-electron chi connectivity index (χ0n) is 23.1. The first-order valence-corrected chi connectivity index (χ1v) is 15.6. The number of carboxylic acid groups (broad SMARTS) is 1. The highest BCUT2D eigenvalue weighted by Gasteiger charge is 2.37. The summed E-state index contributed by atoms with van der Waals surface area (Å²) >= 11 is 0. The minimum Gasteiger partial charge on any atom is -0.489 e. The van der Waals surface area contributed by atoms with Crippen LogP contribution in [-0.2, 0) is 22.9 Å². The van der Waals surface area contributed by atoms with Crippen molar-refractivity contribution in [3.05, 3.63) is 83.9 Å². The van der Waals surface area contributed by atoms with Crippen molar-refractivity contribution < 1.29 is 37.6 Å². The fraction of sp³-hybridized carbons (Fsp3) is 0.387. The Balaban J connectivity index is 1.25. The van der Waals surface area contributed by atoms with Gasteiger partial charge in [-0.25, -0.2) is 13.2 Å². The second-order valence-corrected chi connectivity index (χ2v) is 12.7. The number of nitrogens with one attached hydrogen (secondary N) is 2. The maximum Gasteiger partial charge on any atom is 0.404 e. The van der Waals surface area contributed by atoms with E-state index in [1.165, 1.54) is 12.1 Å². The summed E-state index contributed by atoms with van der Waals surface area (Å²) < 4.78 is 44.1. The van der Waals surface area contributed by atoms with Gasteiger partial charge in [-0.05, 0) is 60.6 Å². The first kappa shape index (κ1) is 29.7. The van der Waals surface area contributed by atoms with E-state index >= 15 is 0 Å². The molecule has 0 radical (unpaired) electrons. The molecule has 42 heavy (non-hydrogen) atoms. The topological polar surface area (TPSA) is 143 Å². The Labute approximate surface area is 245 Å². The quantitative estimate of drug-likeness (QED) is 0.229. The lowest BCUT2D eigenvalue weighted by atomic mass is 10.0. The molecule has 1 aliphatic heterocycles. The maximum absolute atomic E-state index is 13.8. The maximum atomic E-state index is 13.8. The lowest BCUT2D eigenvalue weighted by Gasteiger charge is -2.29. The Hall–Kier alpha value is -3.80. The van der Waals surface area contributed by atoms with E-state index in [4.69, 9.17) is 14.2 Å². The van der Waals surface area contributed by atoms with Gasteiger partial charge < -0.3 is 29.7 Å². The number of benzene rings is 3. The number of aliphatic hydroxyl groups excluding tert-OH is 1. The Morgan fingerprint density at radius 2 is 1.67 bits per heavy atom. The smallest absolute Gasteiger partial charge is 0.404 e. The summed E-state index contributed by atoms with van der Waals surface area (Å²) in [5.41, 5.74) is 1.83. The van der Waals surface area contributed by atoms with Gasteiger partial charge in [0, 0.05) is 12.6 Å². The van der Waals surface area contributed by atoms with E-state index < -0.39 is 33.5 Å². The third-order valence-corrected chi connectivity index (χ3v) is 9.89. The van der Waals surface area contributed by atoms with Crippen molar-refractivity contribution in [3.8, 4) is 17.2 Å². The highest BCUT2D eigenvalue weighted by atomic mass is 32.2. The van der Waals surface area contributed by atoms with E-state index in [1.54, 1.807) is 18.2 Å². The average molecular weight is 597 g/mol. The Bertz CT molecular complexity index is 1440. The first-order chi connectivity index (χ1) is 20.3. The minimum absolute atomic E-state index is 0.0384. The number of amides is 1. The van der Waals surface area contributed by atoms with Crippen LogP contribution < -0.4 is 24.8 Å². The fourth-order valence-corrected chi connectivity index (χ4v) is 7.44. The van der Waals surface area contributed by atoms with Gasteiger partial charge >= 0.3 is 6.09 Å². The molecule has 224 valence electrons. The molecule has 0 saturated heterocycles. The third-order valence-electron chi connectivity index (χ3n) is 7.76. The number of sulfone groups is 1. The van der Waals surface area contributed by atoms with Gasteiger partial charge in [-0.1, -0.05) is 55.3 Å². The molecule has 1 unspecified atom stereocenters. The number of hydrogen-bond donors (Lipinski definition) is 4. The normalized spacial score (nSPS) is 17.0. The Morgan fingerprint density at radius 1 is 0.952 bits per heavy atom. The molecule has 10 nitrogen and oxygen atoms in total. The molecule has 11 heteroatoms. The second kappa shape index (κ2) is 13.5. The summed E-state index contributed by atoms with van der Waals surface area (Å²) in [6.45, 7) is 0.343. The van der Waals surface area contributed by atoms with Crippen molar-refractivity contribution in [1.82, 2.24) is 10.6 Å². The highest BCUT2D eigenvalue weighted by Crippen LogP contribution is 2.37. The molecule has 2 aliphatic rings. The summed E-state index contributed by atoms with van der Waals surface area (Å²) in [5, 5.41) is 25.1. The van der Waals surface area contributed by atoms with Crippen LogP contribution in [0.3, 0.4) is 0 Å². The SMILES string of the molecule is O=C(O)N[C@@H](Cc1ccc(OCc2ccccc2)cc1)[C@H](O)CNC(C1CCCC1)S(=O)(=O)c1ccc2c(c1)OCO2. The van der Waals surface area contributed by atoms with E-state index in [-0.39, 0.29) is 30.6 Å². The lowest BCUT2D eigenvalue weighted by Crippen LogP contribution is -2.52. The molecule has 1 heterocycles. The van der Waals surface area contributed by atoms with E-state index in [0.29, 0.717) is 23.9 Å². The van der Waals surface area contributed by atoms with Gasteiger partial charge in [-0.15, -0.1) is 0 Å². The van der Waals surface area contributed by atoms with Crippen LogP contribution in [0.4, 0.5) is 4.79 Å². The largest absolute Gasteiger partial charge is 0.489 e. The molecule has 1 amide bonds. The summed E-state index contributed by atoms with van der Waals surface area (Å²) in [4.78, 5) is 11.7. The highest BCUT2D eigenvalue weighted by molar-refractivity contribution is 7.92. The number of aliphatic hydroxyl groups is 1. The molecule has 3 atom stereocenters. The van der Waals surface area contributed by atoms with Gasteiger partial charge in [0.1, 0.15) is 17.7 Å². The van der Waals surface area contributed by atoms with Crippen LogP contribution in [0.1, 0.15) is 36.8 Å². The summed E-state index contributed by atoms with van der Waals surface area (Å²) in [7, 11) is -3.85. The van der Waals surface area contributed by atoms with Crippen molar-refractivity contribution in [3.63, 3.8) is 0 Å². The van der Waals surface area contributed by atoms with Crippen molar-refractivity contribution >= 4 is 15.9 Å². The molecule has 1 fully saturated rings. The predicted molar refractivity (Wildman–Crippen MR) is 155 cm³/mol. The summed E-state index contributed by atoms with van der Waals surface area (Å²) in [6, 6.07) is 20.7. The molecule has 0 spiro atoms. The molecule has 1 saturated carbocycles. The van der Waals surface area contributed by atoms with Crippen molar-refractivity contribution in [1.29, 1.82) is 0 Å². The van der Waals surface area contributed by atoms with Gasteiger partial charge in [0.2, 0.25) is 6.79 Å². The van der Waals surface area contributed by atoms with E-state index in [2.05, 4.69) is 10.6 Å². The van der Waals surface area contributed by atoms with Gasteiger partial charge in [-0.2, -0.15) is 0 Å². The van der Waals surface area contributed by atoms with E-state index in [9.17, 15) is 23.4 Å². The van der Waals surface area contributed by atoms with Crippen LogP contribution in [-0.4, -0.2) is 55.6 Å². The number of hydrogen-bond acceptors (Lipinski definition) is 8. The van der Waals surface area contributed by atoms with Crippen LogP contribution in [0.25, 0.3) is 0 Å². The van der Waals surface area contributed by atoms with Crippen LogP contribution in [0, 0.1) is 5.92 Å². The molecule has 0 bridgehead atoms. The van der Waals surface area contributed by atoms with Crippen LogP contribution >= 0.6 is 0 Å². The molecule has 3 aromatic rings. The number of ether oxygens (including phenoxy) is 3. The standard InChI is InChI=1S/C31H36N2O8S/c34-27(26(33-31(35)36)16-21-10-12-24(13-11-21)39-19-22-6-2-1-3-7-22)18-32-30(23-8-4-5-9-23)42(37,38)25-14-15-28-29(17-25)41-20-40-28/h1-3,6-7,10-15,17,23,26-27,30,32-34H,4-5,8-9,16,18-20H2,(H,35,36)/t26-,27+,30?/m0/s1. The van der Waals surface area contributed by atoms with E-state index in [0.717, 1.165) is 36.8 Å². The van der Waals surface area contributed by atoms with Gasteiger partial charge in [0.05, 0.1) is 17.0 Å². The predicted octanol–water partition coefficient (Wildman–Crippen LogP) is 4.11. The summed E-state index contributed by atoms with van der Waals surface area (Å²) in [5.74, 6) is 1.40. The lowest BCUT2D eigenvalue weighted by molar-refractivity contribution is 0.115. The molecule has 3 aromatic carbocycles. The van der Waals surface area contributed by atoms with Gasteiger partial charge in [0.15, 0.2) is 21.3 Å². The van der Waals surface area contributed by atoms with Crippen molar-refractivity contribution in [2.75, 3.05) is 13.3 Å². The average Bonchev–Trinajstić information content (AvgIpc) is 3.69. The van der Waals surface area contributed by atoms with Crippen LogP contribution in [0.15, 0.2) is 77.7 Å². The number of rotatable bonds is 13. The van der Waals surface area contributed by atoms with Crippen LogP contribution in [0.2, 0.25) is 0 Å². The fourth-order valence-electron chi connectivity index (χ4n) is 5.53. The van der Waals surface area contributed by atoms with Crippen molar-refractivity contribution in [2.45, 2.75) is 61.1 Å². The molecule has 5 rings (SSSR count). The molecular formula is C31H36N2O8S. The minimum atomic E-state index is -3.85. The number of carbonyl (C=O) groups is 1. The Morgan fingerprint density at radius 3 is 2.38 bits per heavy atom.